The van der Waals surface area contributed by atoms with E-state index in [0.717, 1.165) is 19.6 Å². The zero-order valence-corrected chi connectivity index (χ0v) is 10.9. The molecule has 0 radical (unpaired) electrons. The van der Waals surface area contributed by atoms with Crippen LogP contribution in [0.1, 0.15) is 36.6 Å². The summed E-state index contributed by atoms with van der Waals surface area (Å²) in [5, 5.41) is 0. The lowest BCUT2D eigenvalue weighted by Gasteiger charge is -2.09. The second-order valence-electron chi connectivity index (χ2n) is 3.57. The molecule has 0 aromatic heterocycles. The Balaban J connectivity index is 2.16. The van der Waals surface area contributed by atoms with E-state index < -0.39 is 0 Å². The second kappa shape index (κ2) is 7.89. The van der Waals surface area contributed by atoms with E-state index in [0.29, 0.717) is 4.83 Å². The van der Waals surface area contributed by atoms with Gasteiger partial charge in [0.05, 0.1) is 0 Å². The molecule has 0 aliphatic rings. The van der Waals surface area contributed by atoms with Crippen molar-refractivity contribution in [2.75, 3.05) is 13.2 Å². The Morgan fingerprint density at radius 1 is 1.20 bits per heavy atom. The number of alkyl halides is 1. The molecule has 1 aromatic rings. The average molecular weight is 271 g/mol. The van der Waals surface area contributed by atoms with Crippen LogP contribution in [0, 0.1) is 0 Å². The lowest BCUT2D eigenvalue weighted by Crippen LogP contribution is -1.95. The number of hydrogen-bond donors (Lipinski definition) is 0. The molecule has 0 N–H and O–H groups in total. The van der Waals surface area contributed by atoms with Crippen molar-refractivity contribution in [3.8, 4) is 0 Å². The van der Waals surface area contributed by atoms with Gasteiger partial charge >= 0.3 is 0 Å². The zero-order valence-electron chi connectivity index (χ0n) is 9.29. The summed E-state index contributed by atoms with van der Waals surface area (Å²) >= 11 is 3.71. The lowest BCUT2D eigenvalue weighted by atomic mass is 10.1. The molecule has 1 rings (SSSR count). The van der Waals surface area contributed by atoms with Crippen molar-refractivity contribution in [1.29, 1.82) is 0 Å². The highest BCUT2D eigenvalue weighted by atomic mass is 79.9. The molecular formula is C13H19BrO. The zero-order chi connectivity index (χ0) is 10.9. The topological polar surface area (TPSA) is 9.23 Å². The van der Waals surface area contributed by atoms with E-state index in [1.54, 1.807) is 0 Å². The van der Waals surface area contributed by atoms with Crippen molar-refractivity contribution >= 4 is 15.9 Å². The molecule has 84 valence electrons. The summed E-state index contributed by atoms with van der Waals surface area (Å²) in [7, 11) is 0. The third-order valence-electron chi connectivity index (χ3n) is 2.36. The largest absolute Gasteiger partial charge is 0.382 e. The van der Waals surface area contributed by atoms with E-state index in [4.69, 9.17) is 4.74 Å². The number of hydrogen-bond acceptors (Lipinski definition) is 1. The molecule has 0 fully saturated rings. The number of rotatable bonds is 7. The minimum Gasteiger partial charge on any atom is -0.382 e. The maximum Gasteiger partial charge on any atom is 0.0465 e. The Bertz CT molecular complexity index is 248. The molecule has 1 atom stereocenters. The van der Waals surface area contributed by atoms with E-state index in [9.17, 15) is 0 Å². The summed E-state index contributed by atoms with van der Waals surface area (Å²) < 4.78 is 5.31. The molecule has 0 aliphatic carbocycles. The quantitative estimate of drug-likeness (QED) is 0.530. The summed E-state index contributed by atoms with van der Waals surface area (Å²) in [6.07, 6.45) is 3.55. The maximum absolute atomic E-state index is 5.31. The highest BCUT2D eigenvalue weighted by molar-refractivity contribution is 9.09. The normalized spacial score (nSPS) is 12.7. The van der Waals surface area contributed by atoms with E-state index >= 15 is 0 Å². The van der Waals surface area contributed by atoms with Crippen LogP contribution < -0.4 is 0 Å². The van der Waals surface area contributed by atoms with Crippen molar-refractivity contribution in [2.24, 2.45) is 0 Å². The Hall–Kier alpha value is -0.340. The minimum atomic E-state index is 0.486. The van der Waals surface area contributed by atoms with Crippen molar-refractivity contribution in [2.45, 2.75) is 31.0 Å². The molecule has 0 aliphatic heterocycles. The first-order chi connectivity index (χ1) is 7.34. The van der Waals surface area contributed by atoms with Crippen LogP contribution in [0.4, 0.5) is 0 Å². The molecule has 0 heterocycles. The van der Waals surface area contributed by atoms with Gasteiger partial charge in [-0.3, -0.25) is 0 Å². The molecule has 1 nitrogen and oxygen atoms in total. The molecule has 0 bridgehead atoms. The number of halogens is 1. The van der Waals surface area contributed by atoms with Gasteiger partial charge in [0, 0.05) is 18.0 Å². The van der Waals surface area contributed by atoms with E-state index in [1.165, 1.54) is 18.4 Å². The van der Waals surface area contributed by atoms with E-state index in [1.807, 2.05) is 6.92 Å². The minimum absolute atomic E-state index is 0.486. The first-order valence-corrected chi connectivity index (χ1v) is 6.53. The van der Waals surface area contributed by atoms with Gasteiger partial charge in [-0.15, -0.1) is 0 Å². The summed E-state index contributed by atoms with van der Waals surface area (Å²) in [4.78, 5) is 0.486. The van der Waals surface area contributed by atoms with Gasteiger partial charge in [0.2, 0.25) is 0 Å². The van der Waals surface area contributed by atoms with Crippen LogP contribution in [0.15, 0.2) is 30.3 Å². The highest BCUT2D eigenvalue weighted by Gasteiger charge is 2.05. The molecule has 1 aromatic carbocycles. The van der Waals surface area contributed by atoms with Gasteiger partial charge in [0.25, 0.3) is 0 Å². The van der Waals surface area contributed by atoms with Gasteiger partial charge in [-0.2, -0.15) is 0 Å². The molecular weight excluding hydrogens is 252 g/mol. The lowest BCUT2D eigenvalue weighted by molar-refractivity contribution is 0.143. The summed E-state index contributed by atoms with van der Waals surface area (Å²) in [6.45, 7) is 3.76. The molecule has 0 saturated heterocycles. The number of benzene rings is 1. The number of ether oxygens (including phenoxy) is 1. The standard InChI is InChI=1S/C13H19BrO/c1-2-15-11-7-6-10-13(14)12-8-4-3-5-9-12/h3-5,8-9,13H,2,6-7,10-11H2,1H3. The monoisotopic (exact) mass is 270 g/mol. The predicted octanol–water partition coefficient (Wildman–Crippen LogP) is 4.33. The van der Waals surface area contributed by atoms with Crippen LogP contribution in [0.5, 0.6) is 0 Å². The third-order valence-corrected chi connectivity index (χ3v) is 3.35. The van der Waals surface area contributed by atoms with Gasteiger partial charge in [0.15, 0.2) is 0 Å². The Labute approximate surface area is 101 Å². The smallest absolute Gasteiger partial charge is 0.0465 e. The predicted molar refractivity (Wildman–Crippen MR) is 68.5 cm³/mol. The average Bonchev–Trinajstić information content (AvgIpc) is 2.30. The molecule has 0 spiro atoms. The SMILES string of the molecule is CCOCCCCC(Br)c1ccccc1. The fourth-order valence-electron chi connectivity index (χ4n) is 1.50. The summed E-state index contributed by atoms with van der Waals surface area (Å²) in [5.74, 6) is 0. The van der Waals surface area contributed by atoms with Crippen LogP contribution in [0.2, 0.25) is 0 Å². The van der Waals surface area contributed by atoms with Gasteiger partial charge in [0.1, 0.15) is 0 Å². The highest BCUT2D eigenvalue weighted by Crippen LogP contribution is 2.27. The third kappa shape index (κ3) is 5.33. The Kier molecular flexibility index (Phi) is 6.69. The van der Waals surface area contributed by atoms with Crippen LogP contribution in [0.3, 0.4) is 0 Å². The van der Waals surface area contributed by atoms with Crippen LogP contribution in [-0.2, 0) is 4.74 Å². The van der Waals surface area contributed by atoms with Crippen molar-refractivity contribution in [1.82, 2.24) is 0 Å². The number of unbranched alkanes of at least 4 members (excludes halogenated alkanes) is 1. The fourth-order valence-corrected chi connectivity index (χ4v) is 2.13. The van der Waals surface area contributed by atoms with Crippen LogP contribution in [0.25, 0.3) is 0 Å². The van der Waals surface area contributed by atoms with Crippen LogP contribution >= 0.6 is 15.9 Å². The van der Waals surface area contributed by atoms with Crippen molar-refractivity contribution < 1.29 is 4.74 Å². The fraction of sp³-hybridized carbons (Fsp3) is 0.538. The molecule has 15 heavy (non-hydrogen) atoms. The van der Waals surface area contributed by atoms with Crippen molar-refractivity contribution in [3.05, 3.63) is 35.9 Å². The van der Waals surface area contributed by atoms with Crippen molar-refractivity contribution in [3.63, 3.8) is 0 Å². The first kappa shape index (κ1) is 12.7. The van der Waals surface area contributed by atoms with Gasteiger partial charge in [-0.1, -0.05) is 46.3 Å². The first-order valence-electron chi connectivity index (χ1n) is 5.61. The Morgan fingerprint density at radius 3 is 2.60 bits per heavy atom. The summed E-state index contributed by atoms with van der Waals surface area (Å²) in [5.41, 5.74) is 1.37. The van der Waals surface area contributed by atoms with Gasteiger partial charge in [-0.25, -0.2) is 0 Å². The Morgan fingerprint density at radius 2 is 1.93 bits per heavy atom. The molecule has 0 saturated carbocycles. The molecule has 1 unspecified atom stereocenters. The van der Waals surface area contributed by atoms with E-state index in [-0.39, 0.29) is 0 Å². The van der Waals surface area contributed by atoms with Gasteiger partial charge in [-0.05, 0) is 31.7 Å². The van der Waals surface area contributed by atoms with Crippen LogP contribution in [-0.4, -0.2) is 13.2 Å². The maximum atomic E-state index is 5.31. The van der Waals surface area contributed by atoms with Gasteiger partial charge < -0.3 is 4.74 Å². The summed E-state index contributed by atoms with van der Waals surface area (Å²) in [6, 6.07) is 10.6. The second-order valence-corrected chi connectivity index (χ2v) is 4.68. The molecule has 0 amide bonds. The molecule has 2 heteroatoms. The van der Waals surface area contributed by atoms with E-state index in [2.05, 4.69) is 46.3 Å².